The van der Waals surface area contributed by atoms with E-state index in [1.807, 2.05) is 19.2 Å². The molecule has 11 nitrogen and oxygen atoms in total. The van der Waals surface area contributed by atoms with Gasteiger partial charge in [0.15, 0.2) is 0 Å². The molecule has 0 saturated carbocycles. The van der Waals surface area contributed by atoms with E-state index in [-0.39, 0.29) is 11.9 Å². The lowest BCUT2D eigenvalue weighted by Gasteiger charge is -2.40. The summed E-state index contributed by atoms with van der Waals surface area (Å²) < 4.78 is 15.4. The van der Waals surface area contributed by atoms with Crippen molar-refractivity contribution in [1.29, 1.82) is 0 Å². The van der Waals surface area contributed by atoms with Crippen LogP contribution in [0.3, 0.4) is 0 Å². The molecule has 262 valence electrons. The topological polar surface area (TPSA) is 95.0 Å². The molecule has 1 atom stereocenters. The van der Waals surface area contributed by atoms with Crippen LogP contribution in [0.4, 0.5) is 10.5 Å². The van der Waals surface area contributed by atoms with Crippen molar-refractivity contribution in [2.75, 3.05) is 83.9 Å². The Bertz CT molecular complexity index is 1370. The van der Waals surface area contributed by atoms with Crippen molar-refractivity contribution in [3.8, 4) is 0 Å². The summed E-state index contributed by atoms with van der Waals surface area (Å²) in [6.45, 7) is 19.9. The van der Waals surface area contributed by atoms with E-state index < -0.39 is 11.0 Å². The zero-order valence-electron chi connectivity index (χ0n) is 28.9. The Morgan fingerprint density at radius 1 is 1.04 bits per heavy atom. The summed E-state index contributed by atoms with van der Waals surface area (Å²) in [5.74, 6) is 1.19. The Morgan fingerprint density at radius 3 is 2.46 bits per heavy atom. The van der Waals surface area contributed by atoms with Crippen LogP contribution in [-0.4, -0.2) is 126 Å². The number of likely N-dealkylation sites (N-methyl/N-ethyl adjacent to an activating group) is 1. The van der Waals surface area contributed by atoms with E-state index in [1.165, 1.54) is 5.69 Å². The van der Waals surface area contributed by atoms with Crippen molar-refractivity contribution in [2.45, 2.75) is 50.3 Å². The minimum atomic E-state index is -1.08. The number of benzene rings is 1. The van der Waals surface area contributed by atoms with Crippen molar-refractivity contribution in [3.05, 3.63) is 60.5 Å². The third-order valence-electron chi connectivity index (χ3n) is 10.2. The number of hydrogen-bond acceptors (Lipinski definition) is 8. The molecule has 1 aromatic rings. The van der Waals surface area contributed by atoms with Crippen LogP contribution in [0.5, 0.6) is 0 Å². The quantitative estimate of drug-likeness (QED) is 0.191. The lowest BCUT2D eigenvalue weighted by atomic mass is 9.95. The first-order chi connectivity index (χ1) is 23.2. The monoisotopic (exact) mass is 678 g/mol. The highest BCUT2D eigenvalue weighted by Gasteiger charge is 2.26. The highest BCUT2D eigenvalue weighted by atomic mass is 32.2. The van der Waals surface area contributed by atoms with Gasteiger partial charge in [0.1, 0.15) is 11.0 Å². The van der Waals surface area contributed by atoms with E-state index in [2.05, 4.69) is 80.0 Å². The first-order valence-corrected chi connectivity index (χ1v) is 18.7. The lowest BCUT2D eigenvalue weighted by Crippen LogP contribution is -2.49. The molecule has 0 aliphatic carbocycles. The summed E-state index contributed by atoms with van der Waals surface area (Å²) in [4.78, 5) is 33.6. The number of carbonyl (C=O) groups excluding carboxylic acids is 2. The molecular weight excluding hydrogens is 625 g/mol. The standard InChI is InChI=1S/C36H54N8O3S/c1-29-11-20-44(21-12-29)48(47)34-10-7-9-33(27-34)41-17-13-31(14-18-41)28-40-22-24-42(25-23-40)32(26-30(2)39(4)37-3)8-5-6-16-43-19-15-35(45)38-36(43)46/h5,7-10,26-27,29,31H,2-3,6,11-25,28H2,1,4H3,(H,38,45,46)/b8-5-,32-26+. The number of piperazine rings is 1. The van der Waals surface area contributed by atoms with Gasteiger partial charge < -0.3 is 14.7 Å². The van der Waals surface area contributed by atoms with Gasteiger partial charge in [-0.2, -0.15) is 5.10 Å². The highest BCUT2D eigenvalue weighted by Crippen LogP contribution is 2.28. The molecule has 4 saturated heterocycles. The highest BCUT2D eigenvalue weighted by molar-refractivity contribution is 7.82. The molecule has 48 heavy (non-hydrogen) atoms. The normalized spacial score (nSPS) is 21.9. The number of hydrazone groups is 1. The van der Waals surface area contributed by atoms with E-state index in [9.17, 15) is 13.8 Å². The van der Waals surface area contributed by atoms with Gasteiger partial charge in [0.2, 0.25) is 5.91 Å². The minimum absolute atomic E-state index is 0.210. The van der Waals surface area contributed by atoms with E-state index in [0.29, 0.717) is 31.8 Å². The maximum absolute atomic E-state index is 13.3. The number of allylic oxidation sites excluding steroid dienone is 2. The SMILES string of the molecule is C=NN(C)C(=C)/C=C(\C=C/CCN1CCC(=O)NC1=O)N1CCN(CC2CCN(c3cccc(S(=O)N4CCC(C)CC4)c3)CC2)CC1. The number of nitrogens with one attached hydrogen (secondary N) is 1. The zero-order valence-corrected chi connectivity index (χ0v) is 29.7. The third-order valence-corrected chi connectivity index (χ3v) is 11.7. The molecule has 0 bridgehead atoms. The smallest absolute Gasteiger partial charge is 0.324 e. The second-order valence-electron chi connectivity index (χ2n) is 13.6. The number of carbonyl (C=O) groups is 2. The average Bonchev–Trinajstić information content (AvgIpc) is 3.10. The second kappa shape index (κ2) is 17.3. The summed E-state index contributed by atoms with van der Waals surface area (Å²) in [5, 5.41) is 8.04. The van der Waals surface area contributed by atoms with Crippen molar-refractivity contribution in [2.24, 2.45) is 16.9 Å². The second-order valence-corrected chi connectivity index (χ2v) is 15.1. The summed E-state index contributed by atoms with van der Waals surface area (Å²) in [6, 6.07) is 8.09. The van der Waals surface area contributed by atoms with E-state index in [4.69, 9.17) is 0 Å². The molecule has 5 rings (SSSR count). The summed E-state index contributed by atoms with van der Waals surface area (Å²) in [7, 11) is 0.749. The Morgan fingerprint density at radius 2 is 1.77 bits per heavy atom. The van der Waals surface area contributed by atoms with Gasteiger partial charge in [0.25, 0.3) is 0 Å². The van der Waals surface area contributed by atoms with Crippen LogP contribution >= 0.6 is 0 Å². The van der Waals surface area contributed by atoms with Crippen LogP contribution in [0.15, 0.2) is 70.5 Å². The van der Waals surface area contributed by atoms with E-state index in [0.717, 1.165) is 107 Å². The third kappa shape index (κ3) is 9.79. The molecule has 0 spiro atoms. The molecule has 1 unspecified atom stereocenters. The molecule has 1 N–H and O–H groups in total. The van der Waals surface area contributed by atoms with Gasteiger partial charge in [0.05, 0.1) is 10.6 Å². The fourth-order valence-electron chi connectivity index (χ4n) is 6.86. The maximum atomic E-state index is 13.3. The van der Waals surface area contributed by atoms with Gasteiger partial charge in [-0.3, -0.25) is 20.0 Å². The van der Waals surface area contributed by atoms with Crippen molar-refractivity contribution < 1.29 is 13.8 Å². The number of piperidine rings is 2. The summed E-state index contributed by atoms with van der Waals surface area (Å²) in [6.07, 6.45) is 11.8. The van der Waals surface area contributed by atoms with Crippen LogP contribution in [0.25, 0.3) is 0 Å². The Hall–Kier alpha value is -3.48. The summed E-state index contributed by atoms with van der Waals surface area (Å²) in [5.41, 5.74) is 3.02. The van der Waals surface area contributed by atoms with Gasteiger partial charge in [-0.05, 0) is 74.3 Å². The number of imide groups is 1. The fourth-order valence-corrected chi connectivity index (χ4v) is 8.12. The van der Waals surface area contributed by atoms with Gasteiger partial charge >= 0.3 is 6.03 Å². The van der Waals surface area contributed by atoms with Crippen molar-refractivity contribution in [3.63, 3.8) is 0 Å². The molecule has 1 aromatic carbocycles. The predicted octanol–water partition coefficient (Wildman–Crippen LogP) is 4.11. The summed E-state index contributed by atoms with van der Waals surface area (Å²) >= 11 is 0. The van der Waals surface area contributed by atoms with E-state index >= 15 is 0 Å². The largest absolute Gasteiger partial charge is 0.371 e. The van der Waals surface area contributed by atoms with Gasteiger partial charge in [0, 0.05) is 104 Å². The first-order valence-electron chi connectivity index (χ1n) is 17.6. The molecule has 4 fully saturated rings. The Balaban J connectivity index is 1.09. The fraction of sp³-hybridized carbons (Fsp3) is 0.583. The van der Waals surface area contributed by atoms with Gasteiger partial charge in [-0.15, -0.1) is 0 Å². The van der Waals surface area contributed by atoms with Crippen LogP contribution in [0, 0.1) is 11.8 Å². The molecular formula is C36H54N8O3S. The van der Waals surface area contributed by atoms with Crippen LogP contribution < -0.4 is 10.2 Å². The molecule has 0 aromatic heterocycles. The van der Waals surface area contributed by atoms with Crippen LogP contribution in [-0.2, 0) is 15.8 Å². The van der Waals surface area contributed by atoms with Crippen molar-refractivity contribution >= 4 is 35.3 Å². The molecule has 3 amide bonds. The molecule has 4 aliphatic heterocycles. The van der Waals surface area contributed by atoms with Crippen molar-refractivity contribution in [1.82, 2.24) is 29.3 Å². The number of rotatable bonds is 13. The Kier molecular flexibility index (Phi) is 12.9. The van der Waals surface area contributed by atoms with E-state index in [1.54, 1.807) is 9.91 Å². The number of urea groups is 1. The van der Waals surface area contributed by atoms with Gasteiger partial charge in [-0.25, -0.2) is 13.3 Å². The maximum Gasteiger partial charge on any atom is 0.324 e. The Labute approximate surface area is 289 Å². The molecule has 0 radical (unpaired) electrons. The van der Waals surface area contributed by atoms with Gasteiger partial charge in [-0.1, -0.05) is 25.6 Å². The number of amides is 3. The molecule has 12 heteroatoms. The zero-order chi connectivity index (χ0) is 34.0. The molecule has 4 aliphatic rings. The molecule has 4 heterocycles. The number of hydrogen-bond donors (Lipinski definition) is 1. The minimum Gasteiger partial charge on any atom is -0.371 e. The van der Waals surface area contributed by atoms with Crippen LogP contribution in [0.1, 0.15) is 45.4 Å². The predicted molar refractivity (Wildman–Crippen MR) is 194 cm³/mol. The van der Waals surface area contributed by atoms with Crippen LogP contribution in [0.2, 0.25) is 0 Å². The average molecular weight is 679 g/mol. The number of anilines is 1. The number of nitrogens with zero attached hydrogens (tertiary/aromatic N) is 7. The first kappa shape index (κ1) is 35.8. The lowest BCUT2D eigenvalue weighted by molar-refractivity contribution is -0.121.